The third-order valence-corrected chi connectivity index (χ3v) is 7.57. The number of hydrogen-bond acceptors (Lipinski definition) is 15. The zero-order valence-corrected chi connectivity index (χ0v) is 24.4. The van der Waals surface area contributed by atoms with Crippen LogP contribution < -0.4 is 23.7 Å². The average molecular weight is 629 g/mol. The van der Waals surface area contributed by atoms with E-state index < -0.39 is 74.6 Å². The molecule has 0 bridgehead atoms. The summed E-state index contributed by atoms with van der Waals surface area (Å²) in [5.41, 5.74) is 1.46. The van der Waals surface area contributed by atoms with Crippen LogP contribution in [0.2, 0.25) is 0 Å². The first-order valence-electron chi connectivity index (χ1n) is 13.9. The Hall–Kier alpha value is -2.96. The molecule has 0 saturated carbocycles. The summed E-state index contributed by atoms with van der Waals surface area (Å²) in [5, 5.41) is 80.2. The molecule has 2 heterocycles. The highest BCUT2D eigenvalue weighted by Crippen LogP contribution is 2.40. The minimum atomic E-state index is -1.63. The van der Waals surface area contributed by atoms with Crippen molar-refractivity contribution in [2.24, 2.45) is 0 Å². The molecule has 15 nitrogen and oxygen atoms in total. The minimum Gasteiger partial charge on any atom is -0.497 e. The average Bonchev–Trinajstić information content (AvgIpc) is 3.03. The Morgan fingerprint density at radius 1 is 0.545 bits per heavy atom. The maximum absolute atomic E-state index is 10.5. The zero-order valence-electron chi connectivity index (χ0n) is 24.4. The number of aliphatic hydroxyl groups is 8. The highest BCUT2D eigenvalue weighted by atomic mass is 16.7. The molecule has 2 saturated heterocycles. The number of rotatable bonds is 12. The summed E-state index contributed by atoms with van der Waals surface area (Å²) in [6, 6.07) is 8.36. The summed E-state index contributed by atoms with van der Waals surface area (Å²) in [6.45, 7) is -1.21. The van der Waals surface area contributed by atoms with Crippen LogP contribution in [0.5, 0.6) is 28.7 Å². The fourth-order valence-corrected chi connectivity index (χ4v) is 5.05. The summed E-state index contributed by atoms with van der Waals surface area (Å²) in [5.74, 6) is 1.28. The van der Waals surface area contributed by atoms with Crippen LogP contribution in [0.25, 0.3) is 0 Å². The van der Waals surface area contributed by atoms with Gasteiger partial charge in [-0.25, -0.2) is 0 Å². The number of hydrogen-bond donors (Lipinski definition) is 8. The lowest BCUT2D eigenvalue weighted by molar-refractivity contribution is -0.277. The standard InChI is InChI=1S/C29H40O15/c1-38-15-6-13(7-16(10-15)41-28-25(36)23(34)21(32)19(11-30)43-28)4-5-14-8-17(39-2)27(40-3)18(9-14)42-29-26(37)24(35)22(33)20(12-31)44-29/h6-10,19-26,28-37H,4-5,11-12H2,1-3H3/t19-,20-,21-,22-,23+,24+,25-,26-,28-,29-/m1/s1. The van der Waals surface area contributed by atoms with Crippen molar-refractivity contribution in [3.63, 3.8) is 0 Å². The molecule has 0 aliphatic carbocycles. The van der Waals surface area contributed by atoms with Gasteiger partial charge >= 0.3 is 0 Å². The van der Waals surface area contributed by atoms with E-state index in [1.54, 1.807) is 30.3 Å². The Morgan fingerprint density at radius 2 is 1.05 bits per heavy atom. The molecule has 4 rings (SSSR count). The van der Waals surface area contributed by atoms with E-state index in [-0.39, 0.29) is 17.2 Å². The smallest absolute Gasteiger partial charge is 0.229 e. The molecule has 2 aromatic carbocycles. The van der Waals surface area contributed by atoms with E-state index in [0.29, 0.717) is 29.9 Å². The van der Waals surface area contributed by atoms with Crippen molar-refractivity contribution in [3.05, 3.63) is 41.5 Å². The lowest BCUT2D eigenvalue weighted by Gasteiger charge is -2.39. The lowest BCUT2D eigenvalue weighted by Crippen LogP contribution is -2.60. The Balaban J connectivity index is 1.54. The van der Waals surface area contributed by atoms with Gasteiger partial charge in [0.2, 0.25) is 18.3 Å². The normalized spacial score (nSPS) is 32.2. The van der Waals surface area contributed by atoms with Crippen LogP contribution in [0.4, 0.5) is 0 Å². The maximum Gasteiger partial charge on any atom is 0.229 e. The Bertz CT molecular complexity index is 1220. The largest absolute Gasteiger partial charge is 0.497 e. The van der Waals surface area contributed by atoms with E-state index >= 15 is 0 Å². The van der Waals surface area contributed by atoms with Gasteiger partial charge in [0.05, 0.1) is 34.5 Å². The monoisotopic (exact) mass is 628 g/mol. The van der Waals surface area contributed by atoms with Gasteiger partial charge < -0.3 is 74.0 Å². The van der Waals surface area contributed by atoms with Gasteiger partial charge in [-0.3, -0.25) is 0 Å². The Morgan fingerprint density at radius 3 is 1.55 bits per heavy atom. The maximum atomic E-state index is 10.5. The predicted octanol–water partition coefficient (Wildman–Crippen LogP) is -2.14. The van der Waals surface area contributed by atoms with E-state index in [0.717, 1.165) is 5.56 Å². The molecule has 2 fully saturated rings. The van der Waals surface area contributed by atoms with Crippen LogP contribution in [0.3, 0.4) is 0 Å². The SMILES string of the molecule is COc1cc(CCc2cc(OC)c(OC)c(O[C@@H]3O[C@H](CO)[C@@H](O)[C@H](O)[C@H]3O)c2)cc(O[C@@H]2O[C@H](CO)[C@@H](O)[C@H](O)[C@H]2O)c1. The van der Waals surface area contributed by atoms with Crippen molar-refractivity contribution in [2.75, 3.05) is 34.5 Å². The van der Waals surface area contributed by atoms with Gasteiger partial charge in [-0.15, -0.1) is 0 Å². The van der Waals surface area contributed by atoms with Gasteiger partial charge in [0.15, 0.2) is 11.5 Å². The molecule has 2 aliphatic rings. The lowest BCUT2D eigenvalue weighted by atomic mass is 9.99. The second kappa shape index (κ2) is 14.9. The molecule has 0 radical (unpaired) electrons. The van der Waals surface area contributed by atoms with Crippen LogP contribution in [0.1, 0.15) is 11.1 Å². The number of aliphatic hydroxyl groups excluding tert-OH is 8. The first-order chi connectivity index (χ1) is 21.0. The van der Waals surface area contributed by atoms with Crippen molar-refractivity contribution in [2.45, 2.75) is 74.3 Å². The molecular weight excluding hydrogens is 588 g/mol. The summed E-state index contributed by atoms with van der Waals surface area (Å²) in [6.07, 6.45) is -13.8. The number of aryl methyl sites for hydroxylation is 2. The molecule has 8 N–H and O–H groups in total. The van der Waals surface area contributed by atoms with E-state index in [4.69, 9.17) is 33.2 Å². The van der Waals surface area contributed by atoms with Gasteiger partial charge in [-0.05, 0) is 48.2 Å². The molecule has 0 aromatic heterocycles. The molecule has 2 aliphatic heterocycles. The third-order valence-electron chi connectivity index (χ3n) is 7.57. The van der Waals surface area contributed by atoms with Crippen LogP contribution in [0.15, 0.2) is 30.3 Å². The van der Waals surface area contributed by atoms with E-state index in [1.165, 1.54) is 21.3 Å². The van der Waals surface area contributed by atoms with Gasteiger partial charge in [-0.2, -0.15) is 0 Å². The summed E-state index contributed by atoms with van der Waals surface area (Å²) in [4.78, 5) is 0. The third kappa shape index (κ3) is 7.29. The van der Waals surface area contributed by atoms with Crippen molar-refractivity contribution >= 4 is 0 Å². The van der Waals surface area contributed by atoms with Gasteiger partial charge in [0, 0.05) is 6.07 Å². The summed E-state index contributed by atoms with van der Waals surface area (Å²) >= 11 is 0. The molecule has 15 heteroatoms. The number of methoxy groups -OCH3 is 3. The molecule has 246 valence electrons. The quantitative estimate of drug-likeness (QED) is 0.125. The molecule has 2 aromatic rings. The minimum absolute atomic E-state index is 0.114. The fraction of sp³-hybridized carbons (Fsp3) is 0.586. The van der Waals surface area contributed by atoms with Crippen LogP contribution in [-0.2, 0) is 22.3 Å². The van der Waals surface area contributed by atoms with Gasteiger partial charge in [0.25, 0.3) is 0 Å². The highest BCUT2D eigenvalue weighted by molar-refractivity contribution is 5.54. The second-order valence-corrected chi connectivity index (χ2v) is 10.5. The fourth-order valence-electron chi connectivity index (χ4n) is 5.05. The van der Waals surface area contributed by atoms with Crippen LogP contribution in [-0.4, -0.2) is 137 Å². The first-order valence-corrected chi connectivity index (χ1v) is 13.9. The zero-order chi connectivity index (χ0) is 32.1. The van der Waals surface area contributed by atoms with E-state index in [2.05, 4.69) is 0 Å². The Labute approximate surface area is 253 Å². The molecule has 44 heavy (non-hydrogen) atoms. The number of benzene rings is 2. The Kier molecular flexibility index (Phi) is 11.5. The van der Waals surface area contributed by atoms with E-state index in [9.17, 15) is 40.9 Å². The molecule has 10 atom stereocenters. The van der Waals surface area contributed by atoms with Crippen molar-refractivity contribution in [1.82, 2.24) is 0 Å². The predicted molar refractivity (Wildman–Crippen MR) is 149 cm³/mol. The van der Waals surface area contributed by atoms with Crippen molar-refractivity contribution in [1.29, 1.82) is 0 Å². The molecule has 0 spiro atoms. The van der Waals surface area contributed by atoms with Gasteiger partial charge in [-0.1, -0.05) is 0 Å². The first kappa shape index (κ1) is 33.9. The highest BCUT2D eigenvalue weighted by Gasteiger charge is 2.46. The van der Waals surface area contributed by atoms with Crippen molar-refractivity contribution in [3.8, 4) is 28.7 Å². The number of ether oxygens (including phenoxy) is 7. The topological polar surface area (TPSA) is 226 Å². The molecule has 0 amide bonds. The summed E-state index contributed by atoms with van der Waals surface area (Å²) < 4.78 is 38.9. The molecular formula is C29H40O15. The van der Waals surface area contributed by atoms with Crippen LogP contribution >= 0.6 is 0 Å². The van der Waals surface area contributed by atoms with Crippen LogP contribution in [0, 0.1) is 0 Å². The van der Waals surface area contributed by atoms with Crippen molar-refractivity contribution < 1.29 is 74.0 Å². The molecule has 0 unspecified atom stereocenters. The van der Waals surface area contributed by atoms with E-state index in [1.807, 2.05) is 0 Å². The van der Waals surface area contributed by atoms with Gasteiger partial charge in [0.1, 0.15) is 60.3 Å². The summed E-state index contributed by atoms with van der Waals surface area (Å²) in [7, 11) is 4.29. The second-order valence-electron chi connectivity index (χ2n) is 10.5.